The predicted octanol–water partition coefficient (Wildman–Crippen LogP) is 0.462. The van der Waals surface area contributed by atoms with Crippen LogP contribution in [-0.4, -0.2) is 22.4 Å². The first-order chi connectivity index (χ1) is 5.96. The molecule has 1 unspecified atom stereocenters. The van der Waals surface area contributed by atoms with E-state index in [4.69, 9.17) is 5.11 Å². The summed E-state index contributed by atoms with van der Waals surface area (Å²) in [5.74, 6) is -1.06. The van der Waals surface area contributed by atoms with Gasteiger partial charge in [0.05, 0.1) is 5.57 Å². The van der Waals surface area contributed by atoms with E-state index in [0.717, 1.165) is 0 Å². The van der Waals surface area contributed by atoms with Gasteiger partial charge < -0.3 is 10.4 Å². The van der Waals surface area contributed by atoms with E-state index in [1.165, 1.54) is 19.2 Å². The zero-order chi connectivity index (χ0) is 10.1. The van der Waals surface area contributed by atoms with Crippen molar-refractivity contribution >= 4 is 11.8 Å². The first-order valence-corrected chi connectivity index (χ1v) is 3.87. The molecule has 0 aromatic carbocycles. The maximum absolute atomic E-state index is 11.1. The number of carbonyl (C=O) groups excluding carboxylic acids is 1. The smallest absolute Gasteiger partial charge is 0.337 e. The summed E-state index contributed by atoms with van der Waals surface area (Å²) >= 11 is 0. The summed E-state index contributed by atoms with van der Waals surface area (Å²) in [5.41, 5.74) is -0.613. The van der Waals surface area contributed by atoms with Crippen molar-refractivity contribution in [1.29, 1.82) is 0 Å². The summed E-state index contributed by atoms with van der Waals surface area (Å²) in [6, 6.07) is 0. The number of hydrogen-bond acceptors (Lipinski definition) is 3. The molecule has 0 bridgehead atoms. The quantitative estimate of drug-likeness (QED) is 0.649. The zero-order valence-electron chi connectivity index (χ0n) is 7.50. The molecule has 1 aliphatic rings. The molecule has 0 saturated carbocycles. The third-order valence-electron chi connectivity index (χ3n) is 2.10. The number of carboxylic acids is 1. The van der Waals surface area contributed by atoms with Crippen molar-refractivity contribution in [3.63, 3.8) is 0 Å². The van der Waals surface area contributed by atoms with E-state index in [1.54, 1.807) is 13.0 Å². The average Bonchev–Trinajstić information content (AvgIpc) is 2.04. The lowest BCUT2D eigenvalue weighted by atomic mass is 9.94. The molecule has 13 heavy (non-hydrogen) atoms. The monoisotopic (exact) mass is 181 g/mol. The molecule has 0 aliphatic carbocycles. The van der Waals surface area contributed by atoms with Crippen LogP contribution < -0.4 is 5.32 Å². The Kier molecular flexibility index (Phi) is 2.23. The number of nitrogens with one attached hydrogen (secondary N) is 1. The number of hydrogen-bond donors (Lipinski definition) is 2. The van der Waals surface area contributed by atoms with Gasteiger partial charge in [-0.2, -0.15) is 0 Å². The molecular weight excluding hydrogens is 170 g/mol. The molecule has 0 spiro atoms. The minimum absolute atomic E-state index is 0.0514. The fourth-order valence-electron chi connectivity index (χ4n) is 0.932. The SMILES string of the molecule is CC(=O)C1(C)C=CC(C(=O)O)=CN1. The van der Waals surface area contributed by atoms with E-state index in [0.29, 0.717) is 0 Å². The Morgan fingerprint density at radius 1 is 1.54 bits per heavy atom. The van der Waals surface area contributed by atoms with E-state index >= 15 is 0 Å². The molecule has 0 aromatic heterocycles. The summed E-state index contributed by atoms with van der Waals surface area (Å²) < 4.78 is 0. The lowest BCUT2D eigenvalue weighted by Crippen LogP contribution is -2.45. The van der Waals surface area contributed by atoms with E-state index < -0.39 is 11.5 Å². The number of carbonyl (C=O) groups is 2. The second-order valence-electron chi connectivity index (χ2n) is 3.14. The van der Waals surface area contributed by atoms with Gasteiger partial charge in [-0.05, 0) is 19.9 Å². The van der Waals surface area contributed by atoms with Crippen LogP contribution in [-0.2, 0) is 9.59 Å². The van der Waals surface area contributed by atoms with Crippen molar-refractivity contribution in [3.8, 4) is 0 Å². The van der Waals surface area contributed by atoms with Crippen LogP contribution in [0.2, 0.25) is 0 Å². The minimum atomic E-state index is -1.01. The Labute approximate surface area is 75.9 Å². The van der Waals surface area contributed by atoms with Crippen LogP contribution in [0.5, 0.6) is 0 Å². The van der Waals surface area contributed by atoms with Gasteiger partial charge in [0.25, 0.3) is 0 Å². The third kappa shape index (κ3) is 1.77. The molecule has 0 saturated heterocycles. The Bertz CT molecular complexity index is 317. The van der Waals surface area contributed by atoms with Crippen molar-refractivity contribution in [2.45, 2.75) is 19.4 Å². The zero-order valence-corrected chi connectivity index (χ0v) is 7.50. The molecule has 4 heteroatoms. The Hall–Kier alpha value is -1.58. The molecule has 1 heterocycles. The molecule has 4 nitrogen and oxygen atoms in total. The van der Waals surface area contributed by atoms with Gasteiger partial charge in [-0.15, -0.1) is 0 Å². The molecule has 1 aliphatic heterocycles. The van der Waals surface area contributed by atoms with Gasteiger partial charge in [-0.3, -0.25) is 4.79 Å². The topological polar surface area (TPSA) is 66.4 Å². The fourth-order valence-corrected chi connectivity index (χ4v) is 0.932. The van der Waals surface area contributed by atoms with Crippen LogP contribution >= 0.6 is 0 Å². The minimum Gasteiger partial charge on any atom is -0.478 e. The molecule has 70 valence electrons. The van der Waals surface area contributed by atoms with Crippen molar-refractivity contribution in [2.24, 2.45) is 0 Å². The summed E-state index contributed by atoms with van der Waals surface area (Å²) in [6.07, 6.45) is 4.32. The Morgan fingerprint density at radius 3 is 2.46 bits per heavy atom. The number of ketones is 1. The maximum atomic E-state index is 11.1. The van der Waals surface area contributed by atoms with Gasteiger partial charge in [0.1, 0.15) is 5.54 Å². The van der Waals surface area contributed by atoms with Crippen LogP contribution in [0.3, 0.4) is 0 Å². The summed E-state index contributed by atoms with van der Waals surface area (Å²) in [5, 5.41) is 11.3. The highest BCUT2D eigenvalue weighted by Gasteiger charge is 2.27. The van der Waals surface area contributed by atoms with Crippen LogP contribution in [0.1, 0.15) is 13.8 Å². The Balaban J connectivity index is 2.85. The average molecular weight is 181 g/mol. The maximum Gasteiger partial charge on any atom is 0.337 e. The van der Waals surface area contributed by atoms with E-state index in [2.05, 4.69) is 5.32 Å². The van der Waals surface area contributed by atoms with Gasteiger partial charge in [0.2, 0.25) is 0 Å². The molecule has 1 atom stereocenters. The largest absolute Gasteiger partial charge is 0.478 e. The summed E-state index contributed by atoms with van der Waals surface area (Å²) in [6.45, 7) is 3.15. The van der Waals surface area contributed by atoms with E-state index in [-0.39, 0.29) is 11.4 Å². The van der Waals surface area contributed by atoms with Crippen LogP contribution in [0.4, 0.5) is 0 Å². The second-order valence-corrected chi connectivity index (χ2v) is 3.14. The number of aliphatic carboxylic acids is 1. The second kappa shape index (κ2) is 3.05. The molecule has 0 aromatic rings. The van der Waals surface area contributed by atoms with E-state index in [1.807, 2.05) is 0 Å². The van der Waals surface area contributed by atoms with Crippen LogP contribution in [0, 0.1) is 0 Å². The van der Waals surface area contributed by atoms with Crippen LogP contribution in [0.25, 0.3) is 0 Å². The molecular formula is C9H11NO3. The number of dihydropyridines is 1. The highest BCUT2D eigenvalue weighted by molar-refractivity contribution is 5.93. The standard InChI is InChI=1S/C9H11NO3/c1-6(11)9(2)4-3-7(5-10-9)8(12)13/h3-5,10H,1-2H3,(H,12,13). The number of Topliss-reactive ketones (excluding diaryl/α,β-unsaturated/α-hetero) is 1. The predicted molar refractivity (Wildman–Crippen MR) is 47.1 cm³/mol. The lowest BCUT2D eigenvalue weighted by Gasteiger charge is -2.26. The molecule has 0 radical (unpaired) electrons. The molecule has 0 amide bonds. The van der Waals surface area contributed by atoms with Crippen molar-refractivity contribution < 1.29 is 14.7 Å². The van der Waals surface area contributed by atoms with Crippen molar-refractivity contribution in [2.75, 3.05) is 0 Å². The summed E-state index contributed by atoms with van der Waals surface area (Å²) in [4.78, 5) is 21.6. The highest BCUT2D eigenvalue weighted by atomic mass is 16.4. The van der Waals surface area contributed by atoms with E-state index in [9.17, 15) is 9.59 Å². The van der Waals surface area contributed by atoms with Gasteiger partial charge in [-0.25, -0.2) is 4.79 Å². The van der Waals surface area contributed by atoms with Gasteiger partial charge in [0, 0.05) is 6.20 Å². The first-order valence-electron chi connectivity index (χ1n) is 3.87. The first kappa shape index (κ1) is 9.51. The highest BCUT2D eigenvalue weighted by Crippen LogP contribution is 2.14. The molecule has 1 rings (SSSR count). The van der Waals surface area contributed by atoms with Gasteiger partial charge >= 0.3 is 5.97 Å². The van der Waals surface area contributed by atoms with Crippen molar-refractivity contribution in [1.82, 2.24) is 5.32 Å². The lowest BCUT2D eigenvalue weighted by molar-refractivity contribution is -0.132. The van der Waals surface area contributed by atoms with Crippen molar-refractivity contribution in [3.05, 3.63) is 23.9 Å². The Morgan fingerprint density at radius 2 is 2.15 bits per heavy atom. The third-order valence-corrected chi connectivity index (χ3v) is 2.10. The fraction of sp³-hybridized carbons (Fsp3) is 0.333. The van der Waals surface area contributed by atoms with Gasteiger partial charge in [-0.1, -0.05) is 6.08 Å². The van der Waals surface area contributed by atoms with Gasteiger partial charge in [0.15, 0.2) is 5.78 Å². The molecule has 2 N–H and O–H groups in total. The normalized spacial score (nSPS) is 26.2. The number of carboxylic acid groups (broad SMARTS) is 1. The molecule has 0 fully saturated rings. The number of rotatable bonds is 2. The summed E-state index contributed by atoms with van der Waals surface area (Å²) in [7, 11) is 0. The van der Waals surface area contributed by atoms with Crippen LogP contribution in [0.15, 0.2) is 23.9 Å².